The van der Waals surface area contributed by atoms with E-state index in [1.165, 1.54) is 6.20 Å². The molecule has 0 aromatic carbocycles. The SMILES string of the molecule is COCCN(C)CCNc1ncc([N+](=O)[O-])c(C)c1Br. The van der Waals surface area contributed by atoms with E-state index >= 15 is 0 Å². The summed E-state index contributed by atoms with van der Waals surface area (Å²) in [4.78, 5) is 16.6. The van der Waals surface area contributed by atoms with Crippen LogP contribution in [0.2, 0.25) is 0 Å². The van der Waals surface area contributed by atoms with Crippen LogP contribution in [-0.4, -0.2) is 55.2 Å². The molecule has 0 aliphatic carbocycles. The first-order chi connectivity index (χ1) is 9.47. The maximum Gasteiger partial charge on any atom is 0.291 e. The van der Waals surface area contributed by atoms with E-state index < -0.39 is 4.92 Å². The smallest absolute Gasteiger partial charge is 0.291 e. The van der Waals surface area contributed by atoms with E-state index in [1.54, 1.807) is 14.0 Å². The van der Waals surface area contributed by atoms with Crippen LogP contribution in [0, 0.1) is 17.0 Å². The van der Waals surface area contributed by atoms with Gasteiger partial charge in [0.1, 0.15) is 12.0 Å². The number of hydrogen-bond acceptors (Lipinski definition) is 6. The van der Waals surface area contributed by atoms with Gasteiger partial charge in [0.15, 0.2) is 0 Å². The Morgan fingerprint density at radius 3 is 2.85 bits per heavy atom. The molecule has 7 nitrogen and oxygen atoms in total. The molecule has 1 N–H and O–H groups in total. The Morgan fingerprint density at radius 1 is 1.55 bits per heavy atom. The molecular formula is C12H19BrN4O3. The van der Waals surface area contributed by atoms with Crippen molar-refractivity contribution in [3.63, 3.8) is 0 Å². The summed E-state index contributed by atoms with van der Waals surface area (Å²) >= 11 is 3.35. The van der Waals surface area contributed by atoms with E-state index in [-0.39, 0.29) is 5.69 Å². The average Bonchev–Trinajstić information content (AvgIpc) is 2.40. The maximum atomic E-state index is 10.8. The van der Waals surface area contributed by atoms with E-state index in [0.717, 1.165) is 13.1 Å². The number of pyridine rings is 1. The van der Waals surface area contributed by atoms with Crippen molar-refractivity contribution in [2.24, 2.45) is 0 Å². The van der Waals surface area contributed by atoms with Crippen LogP contribution in [0.1, 0.15) is 5.56 Å². The molecule has 0 unspecified atom stereocenters. The Hall–Kier alpha value is -1.25. The molecule has 0 amide bonds. The van der Waals surface area contributed by atoms with Gasteiger partial charge in [0, 0.05) is 32.3 Å². The lowest BCUT2D eigenvalue weighted by atomic mass is 10.2. The summed E-state index contributed by atoms with van der Waals surface area (Å²) in [7, 11) is 3.68. The summed E-state index contributed by atoms with van der Waals surface area (Å²) in [6, 6.07) is 0. The highest BCUT2D eigenvalue weighted by molar-refractivity contribution is 9.10. The molecule has 1 heterocycles. The average molecular weight is 347 g/mol. The van der Waals surface area contributed by atoms with Crippen LogP contribution in [-0.2, 0) is 4.74 Å². The van der Waals surface area contributed by atoms with Gasteiger partial charge in [-0.15, -0.1) is 0 Å². The zero-order valence-electron chi connectivity index (χ0n) is 11.9. The second kappa shape index (κ2) is 8.13. The lowest BCUT2D eigenvalue weighted by Gasteiger charge is -2.17. The summed E-state index contributed by atoms with van der Waals surface area (Å²) in [5.74, 6) is 0.619. The Balaban J connectivity index is 2.57. The summed E-state index contributed by atoms with van der Waals surface area (Å²) in [6.45, 7) is 4.76. The van der Waals surface area contributed by atoms with Gasteiger partial charge in [0.2, 0.25) is 0 Å². The fourth-order valence-corrected chi connectivity index (χ4v) is 2.05. The minimum Gasteiger partial charge on any atom is -0.383 e. The zero-order chi connectivity index (χ0) is 15.1. The van der Waals surface area contributed by atoms with Gasteiger partial charge in [-0.1, -0.05) is 0 Å². The number of methoxy groups -OCH3 is 1. The molecule has 0 atom stereocenters. The minimum atomic E-state index is -0.435. The van der Waals surface area contributed by atoms with Crippen LogP contribution < -0.4 is 5.32 Å². The Bertz CT molecular complexity index is 470. The molecule has 112 valence electrons. The third kappa shape index (κ3) is 4.69. The van der Waals surface area contributed by atoms with Crippen molar-refractivity contribution in [2.45, 2.75) is 6.92 Å². The standard InChI is InChI=1S/C12H19BrN4O3/c1-9-10(17(18)19)8-15-12(11(9)13)14-4-5-16(2)6-7-20-3/h8H,4-7H2,1-3H3,(H,14,15). The summed E-state index contributed by atoms with van der Waals surface area (Å²) < 4.78 is 5.63. The second-order valence-electron chi connectivity index (χ2n) is 4.41. The van der Waals surface area contributed by atoms with Gasteiger partial charge in [0.05, 0.1) is 16.0 Å². The first kappa shape index (κ1) is 16.8. The van der Waals surface area contributed by atoms with Crippen molar-refractivity contribution in [3.05, 3.63) is 26.3 Å². The molecule has 0 aliphatic rings. The molecule has 0 saturated heterocycles. The molecule has 0 radical (unpaired) electrons. The Kier molecular flexibility index (Phi) is 6.83. The van der Waals surface area contributed by atoms with E-state index in [0.29, 0.717) is 29.0 Å². The number of rotatable bonds is 8. The fraction of sp³-hybridized carbons (Fsp3) is 0.583. The topological polar surface area (TPSA) is 80.5 Å². The number of likely N-dealkylation sites (N-methyl/N-ethyl adjacent to an activating group) is 1. The van der Waals surface area contributed by atoms with E-state index in [9.17, 15) is 10.1 Å². The lowest BCUT2D eigenvalue weighted by molar-refractivity contribution is -0.385. The molecule has 20 heavy (non-hydrogen) atoms. The van der Waals surface area contributed by atoms with Crippen LogP contribution in [0.5, 0.6) is 0 Å². The number of nitrogens with one attached hydrogen (secondary N) is 1. The first-order valence-corrected chi connectivity index (χ1v) is 6.97. The zero-order valence-corrected chi connectivity index (χ0v) is 13.4. The number of nitro groups is 1. The molecule has 8 heteroatoms. The van der Waals surface area contributed by atoms with Gasteiger partial charge < -0.3 is 15.0 Å². The summed E-state index contributed by atoms with van der Waals surface area (Å²) in [6.07, 6.45) is 1.27. The van der Waals surface area contributed by atoms with Crippen LogP contribution in [0.25, 0.3) is 0 Å². The number of halogens is 1. The summed E-state index contributed by atoms with van der Waals surface area (Å²) in [5.41, 5.74) is 0.583. The number of nitrogens with zero attached hydrogens (tertiary/aromatic N) is 3. The van der Waals surface area contributed by atoms with Crippen molar-refractivity contribution >= 4 is 27.4 Å². The molecule has 0 spiro atoms. The molecule has 0 saturated carbocycles. The van der Waals surface area contributed by atoms with Gasteiger partial charge in [-0.3, -0.25) is 10.1 Å². The predicted molar refractivity (Wildman–Crippen MR) is 81.2 cm³/mol. The van der Waals surface area contributed by atoms with Crippen molar-refractivity contribution in [1.82, 2.24) is 9.88 Å². The van der Waals surface area contributed by atoms with Crippen molar-refractivity contribution in [2.75, 3.05) is 45.7 Å². The van der Waals surface area contributed by atoms with E-state index in [4.69, 9.17) is 4.74 Å². The molecule has 0 aliphatic heterocycles. The number of hydrogen-bond donors (Lipinski definition) is 1. The highest BCUT2D eigenvalue weighted by Gasteiger charge is 2.16. The molecule has 0 bridgehead atoms. The fourth-order valence-electron chi connectivity index (χ4n) is 1.60. The van der Waals surface area contributed by atoms with Crippen LogP contribution in [0.3, 0.4) is 0 Å². The second-order valence-corrected chi connectivity index (χ2v) is 5.20. The minimum absolute atomic E-state index is 0.0136. The molecule has 1 rings (SSSR count). The van der Waals surface area contributed by atoms with Gasteiger partial charge in [-0.2, -0.15) is 0 Å². The van der Waals surface area contributed by atoms with Crippen molar-refractivity contribution < 1.29 is 9.66 Å². The number of aromatic nitrogens is 1. The van der Waals surface area contributed by atoms with Crippen LogP contribution in [0.4, 0.5) is 11.5 Å². The molecule has 1 aromatic rings. The largest absolute Gasteiger partial charge is 0.383 e. The first-order valence-electron chi connectivity index (χ1n) is 6.18. The third-order valence-electron chi connectivity index (χ3n) is 2.90. The highest BCUT2D eigenvalue weighted by atomic mass is 79.9. The Labute approximate surface area is 126 Å². The van der Waals surface area contributed by atoms with Gasteiger partial charge in [0.25, 0.3) is 5.69 Å². The van der Waals surface area contributed by atoms with Crippen molar-refractivity contribution in [1.29, 1.82) is 0 Å². The normalized spacial score (nSPS) is 10.8. The molecular weight excluding hydrogens is 328 g/mol. The van der Waals surface area contributed by atoms with Crippen LogP contribution >= 0.6 is 15.9 Å². The monoisotopic (exact) mass is 346 g/mol. The quantitative estimate of drug-likeness (QED) is 0.573. The highest BCUT2D eigenvalue weighted by Crippen LogP contribution is 2.30. The van der Waals surface area contributed by atoms with Gasteiger partial charge in [-0.05, 0) is 29.9 Å². The third-order valence-corrected chi connectivity index (χ3v) is 3.87. The number of ether oxygens (including phenoxy) is 1. The Morgan fingerprint density at radius 2 is 2.25 bits per heavy atom. The predicted octanol–water partition coefficient (Wildman–Crippen LogP) is 2.05. The lowest BCUT2D eigenvalue weighted by Crippen LogP contribution is -2.28. The van der Waals surface area contributed by atoms with E-state index in [2.05, 4.69) is 31.1 Å². The molecule has 1 aromatic heterocycles. The van der Waals surface area contributed by atoms with Gasteiger partial charge >= 0.3 is 0 Å². The van der Waals surface area contributed by atoms with Crippen LogP contribution in [0.15, 0.2) is 10.7 Å². The molecule has 0 fully saturated rings. The van der Waals surface area contributed by atoms with Gasteiger partial charge in [-0.25, -0.2) is 4.98 Å². The maximum absolute atomic E-state index is 10.8. The summed E-state index contributed by atoms with van der Waals surface area (Å²) in [5, 5.41) is 14.0. The van der Waals surface area contributed by atoms with E-state index in [1.807, 2.05) is 7.05 Å². The van der Waals surface area contributed by atoms with Crippen molar-refractivity contribution in [3.8, 4) is 0 Å². The number of anilines is 1.